The molecule has 2 aliphatic rings. The molecule has 7 unspecified atom stereocenters. The van der Waals surface area contributed by atoms with E-state index in [-0.39, 0.29) is 24.0 Å². The highest BCUT2D eigenvalue weighted by Gasteiger charge is 2.54. The fraction of sp³-hybridized carbons (Fsp3) is 0.741. The summed E-state index contributed by atoms with van der Waals surface area (Å²) in [5.41, 5.74) is -0.476. The Morgan fingerprint density at radius 2 is 1.56 bits per heavy atom. The number of carbonyl (C=O) groups is 5. The van der Waals surface area contributed by atoms with Crippen LogP contribution in [-0.2, 0) is 38.2 Å². The van der Waals surface area contributed by atoms with Gasteiger partial charge in [0.15, 0.2) is 17.7 Å². The Bertz CT molecular complexity index is 904. The fourth-order valence-corrected chi connectivity index (χ4v) is 4.00. The van der Waals surface area contributed by atoms with Crippen LogP contribution in [0.1, 0.15) is 87.5 Å². The van der Waals surface area contributed by atoms with Crippen molar-refractivity contribution in [3.63, 3.8) is 0 Å². The zero-order valence-corrected chi connectivity index (χ0v) is 25.3. The summed E-state index contributed by atoms with van der Waals surface area (Å²) >= 11 is 0. The number of hydrogen-bond acceptors (Lipinski definition) is 10. The summed E-state index contributed by atoms with van der Waals surface area (Å²) in [6.45, 7) is 13.7. The lowest BCUT2D eigenvalue weighted by Gasteiger charge is -2.31. The van der Waals surface area contributed by atoms with Crippen LogP contribution in [0.25, 0.3) is 0 Å². The van der Waals surface area contributed by atoms with Gasteiger partial charge in [0, 0.05) is 13.3 Å². The van der Waals surface area contributed by atoms with Gasteiger partial charge in [-0.2, -0.15) is 0 Å². The van der Waals surface area contributed by atoms with E-state index < -0.39 is 71.3 Å². The molecule has 0 bridgehead atoms. The predicted octanol–water partition coefficient (Wildman–Crippen LogP) is 2.94. The van der Waals surface area contributed by atoms with Gasteiger partial charge in [-0.25, -0.2) is 4.79 Å². The summed E-state index contributed by atoms with van der Waals surface area (Å²) < 4.78 is 16.2. The quantitative estimate of drug-likeness (QED) is 0.241. The maximum Gasteiger partial charge on any atom is 0.339 e. The highest BCUT2D eigenvalue weighted by Crippen LogP contribution is 2.44. The number of carboxylic acids is 1. The van der Waals surface area contributed by atoms with E-state index in [9.17, 15) is 34.2 Å². The molecule has 1 saturated carbocycles. The van der Waals surface area contributed by atoms with E-state index in [4.69, 9.17) is 19.3 Å². The van der Waals surface area contributed by atoms with E-state index in [0.29, 0.717) is 6.42 Å². The van der Waals surface area contributed by atoms with Gasteiger partial charge in [-0.3, -0.25) is 19.2 Å². The molecule has 2 aliphatic carbocycles. The summed E-state index contributed by atoms with van der Waals surface area (Å²) in [4.78, 5) is 58.8. The second kappa shape index (κ2) is 16.7. The van der Waals surface area contributed by atoms with Gasteiger partial charge in [-0.15, -0.1) is 0 Å². The molecular weight excluding hydrogens is 531 g/mol. The molecule has 3 N–H and O–H groups in total. The van der Waals surface area contributed by atoms with Crippen LogP contribution in [0.4, 0.5) is 0 Å². The molecule has 11 nitrogen and oxygen atoms in total. The summed E-state index contributed by atoms with van der Waals surface area (Å²) in [6, 6.07) is 0. The van der Waals surface area contributed by atoms with E-state index >= 15 is 0 Å². The Hall–Kier alpha value is -2.36. The molecule has 224 valence electrons. The number of carbonyl (C=O) groups excluding carboxylic acids is 4. The Morgan fingerprint density at radius 1 is 1.03 bits per heavy atom. The highest BCUT2D eigenvalue weighted by molar-refractivity contribution is 7.19. The topological polar surface area (TPSA) is 174 Å². The molecule has 39 heavy (non-hydrogen) atoms. The molecular formula is C27H45O11P. The van der Waals surface area contributed by atoms with Gasteiger partial charge in [0.05, 0.1) is 17.4 Å². The Labute approximate surface area is 232 Å². The van der Waals surface area contributed by atoms with Crippen LogP contribution in [-0.4, -0.2) is 75.2 Å². The lowest BCUT2D eigenvalue weighted by atomic mass is 9.89. The third-order valence-corrected chi connectivity index (χ3v) is 5.93. The average Bonchev–Trinajstić information content (AvgIpc) is 2.95. The number of esters is 3. The SMILES string of the molecule is CC(=O)OC1CCC(O)C(OC(=O)C(O)P)C2=C(C)C(=O)C(OC(=O)C(C)(C)C)C21.CCC.CCCC(=O)O. The minimum atomic E-state index is -1.52. The van der Waals surface area contributed by atoms with Gasteiger partial charge in [0.1, 0.15) is 12.2 Å². The average molecular weight is 577 g/mol. The number of rotatable bonds is 6. The number of aliphatic carboxylic acids is 1. The molecule has 0 aliphatic heterocycles. The number of carboxylic acid groups (broad SMARTS) is 1. The van der Waals surface area contributed by atoms with Crippen molar-refractivity contribution >= 4 is 38.9 Å². The van der Waals surface area contributed by atoms with Crippen LogP contribution in [0.5, 0.6) is 0 Å². The largest absolute Gasteiger partial charge is 0.481 e. The van der Waals surface area contributed by atoms with E-state index in [1.165, 1.54) is 20.3 Å². The number of aliphatic hydroxyl groups is 2. The molecule has 0 saturated heterocycles. The fourth-order valence-electron chi connectivity index (χ4n) is 3.92. The lowest BCUT2D eigenvalue weighted by molar-refractivity contribution is -0.169. The maximum atomic E-state index is 13.0. The van der Waals surface area contributed by atoms with E-state index in [0.717, 1.165) is 6.42 Å². The smallest absolute Gasteiger partial charge is 0.339 e. The molecule has 0 aromatic heterocycles. The van der Waals surface area contributed by atoms with Crippen molar-refractivity contribution < 1.29 is 53.5 Å². The number of hydrogen-bond donors (Lipinski definition) is 3. The number of ketones is 1. The van der Waals surface area contributed by atoms with E-state index in [2.05, 4.69) is 13.8 Å². The zero-order chi connectivity index (χ0) is 30.7. The highest BCUT2D eigenvalue weighted by atomic mass is 31.0. The predicted molar refractivity (Wildman–Crippen MR) is 145 cm³/mol. The second-order valence-electron chi connectivity index (χ2n) is 10.5. The van der Waals surface area contributed by atoms with Crippen molar-refractivity contribution in [2.75, 3.05) is 0 Å². The zero-order valence-electron chi connectivity index (χ0n) is 24.2. The molecule has 0 amide bonds. The van der Waals surface area contributed by atoms with Crippen LogP contribution in [0.3, 0.4) is 0 Å². The van der Waals surface area contributed by atoms with Gasteiger partial charge in [0.2, 0.25) is 0 Å². The third kappa shape index (κ3) is 11.3. The monoisotopic (exact) mass is 576 g/mol. The van der Waals surface area contributed by atoms with Crippen molar-refractivity contribution in [3.8, 4) is 0 Å². The summed E-state index contributed by atoms with van der Waals surface area (Å²) in [5, 5.41) is 28.0. The molecule has 12 heteroatoms. The van der Waals surface area contributed by atoms with Crippen LogP contribution in [0.15, 0.2) is 11.1 Å². The maximum absolute atomic E-state index is 13.0. The van der Waals surface area contributed by atoms with Crippen molar-refractivity contribution in [1.82, 2.24) is 0 Å². The van der Waals surface area contributed by atoms with E-state index in [1.54, 1.807) is 20.8 Å². The Kier molecular flexibility index (Phi) is 15.7. The molecule has 7 atom stereocenters. The second-order valence-corrected chi connectivity index (χ2v) is 11.1. The summed E-state index contributed by atoms with van der Waals surface area (Å²) in [7, 11) is 1.88. The minimum absolute atomic E-state index is 0.101. The van der Waals surface area contributed by atoms with Crippen LogP contribution in [0, 0.1) is 11.3 Å². The van der Waals surface area contributed by atoms with Crippen LogP contribution >= 0.6 is 9.24 Å². The lowest BCUT2D eigenvalue weighted by Crippen LogP contribution is -2.42. The number of ether oxygens (including phenoxy) is 3. The van der Waals surface area contributed by atoms with Gasteiger partial charge < -0.3 is 29.5 Å². The molecule has 0 aromatic carbocycles. The standard InChI is InChI=1S/C20H29O9P.C4H8O2.C3H8/c1-8-12-13(16(14(8)23)29-19(26)20(3,4)5)11(27-9(2)21)7-6-10(22)15(12)28-17(24)18(25)30;1-2-3-4(5)6;1-3-2/h10-11,13,15-16,18,22,25H,6-7,30H2,1-5H3;2-3H2,1H3,(H,5,6);3H2,1-2H3. The minimum Gasteiger partial charge on any atom is -0.481 e. The summed E-state index contributed by atoms with van der Waals surface area (Å²) in [5.74, 6) is -5.86. The van der Waals surface area contributed by atoms with Crippen molar-refractivity contribution in [2.24, 2.45) is 11.3 Å². The van der Waals surface area contributed by atoms with Crippen molar-refractivity contribution in [3.05, 3.63) is 11.1 Å². The molecule has 0 heterocycles. The normalized spacial score (nSPS) is 25.0. The first-order valence-corrected chi connectivity index (χ1v) is 13.8. The number of Topliss-reactive ketones (excluding diaryl/α,β-unsaturated/α-hetero) is 1. The Morgan fingerprint density at radius 3 is 1.95 bits per heavy atom. The van der Waals surface area contributed by atoms with Gasteiger partial charge >= 0.3 is 23.9 Å². The molecule has 0 spiro atoms. The van der Waals surface area contributed by atoms with Crippen LogP contribution in [0.2, 0.25) is 0 Å². The molecule has 2 rings (SSSR count). The van der Waals surface area contributed by atoms with Crippen molar-refractivity contribution in [1.29, 1.82) is 0 Å². The Balaban J connectivity index is 0.00000139. The first-order chi connectivity index (χ1) is 17.9. The van der Waals surface area contributed by atoms with E-state index in [1.807, 2.05) is 16.2 Å². The first-order valence-electron chi connectivity index (χ1n) is 13.1. The molecule has 0 aromatic rings. The number of aliphatic hydroxyl groups excluding tert-OH is 2. The molecule has 1 fully saturated rings. The summed E-state index contributed by atoms with van der Waals surface area (Å²) in [6.07, 6.45) is -2.05. The van der Waals surface area contributed by atoms with Gasteiger partial charge in [0.25, 0.3) is 0 Å². The third-order valence-electron chi connectivity index (χ3n) is 5.66. The number of fused-ring (bicyclic) bond motifs is 1. The van der Waals surface area contributed by atoms with Crippen molar-refractivity contribution in [2.45, 2.75) is 118 Å². The molecule has 0 radical (unpaired) electrons. The first kappa shape index (κ1) is 36.6. The van der Waals surface area contributed by atoms with Crippen LogP contribution < -0.4 is 0 Å². The van der Waals surface area contributed by atoms with Gasteiger partial charge in [-0.1, -0.05) is 36.4 Å². The van der Waals surface area contributed by atoms with Gasteiger partial charge in [-0.05, 0) is 58.1 Å².